The number of likely N-dealkylation sites (tertiary alicyclic amines) is 1. The molecule has 2 saturated heterocycles. The van der Waals surface area contributed by atoms with Crippen molar-refractivity contribution in [3.05, 3.63) is 0 Å². The zero-order chi connectivity index (χ0) is 11.9. The zero-order valence-corrected chi connectivity index (χ0v) is 11.5. The Kier molecular flexibility index (Phi) is 5.75. The summed E-state index contributed by atoms with van der Waals surface area (Å²) in [6.45, 7) is 11.2. The molecule has 0 unspecified atom stereocenters. The van der Waals surface area contributed by atoms with Gasteiger partial charge in [-0.1, -0.05) is 32.6 Å². The molecule has 17 heavy (non-hydrogen) atoms. The number of rotatable bonds is 7. The van der Waals surface area contributed by atoms with Crippen molar-refractivity contribution < 1.29 is 0 Å². The van der Waals surface area contributed by atoms with Gasteiger partial charge in [-0.05, 0) is 13.0 Å². The number of nitrogens with zero attached hydrogens (tertiary/aromatic N) is 2. The van der Waals surface area contributed by atoms with E-state index < -0.39 is 0 Å². The molecular formula is C14H29N3. The van der Waals surface area contributed by atoms with Gasteiger partial charge in [0, 0.05) is 45.3 Å². The maximum absolute atomic E-state index is 3.43. The SMILES string of the molecule is CCCCCCCN1CC(N2CCNCC2)C1. The van der Waals surface area contributed by atoms with Crippen LogP contribution < -0.4 is 5.32 Å². The highest BCUT2D eigenvalue weighted by molar-refractivity contribution is 4.89. The highest BCUT2D eigenvalue weighted by Gasteiger charge is 2.31. The standard InChI is InChI=1S/C14H29N3/c1-2-3-4-5-6-9-16-12-14(13-16)17-10-7-15-8-11-17/h14-15H,2-13H2,1H3. The molecule has 2 heterocycles. The number of unbranched alkanes of at least 4 members (excludes halogenated alkanes) is 4. The van der Waals surface area contributed by atoms with E-state index in [1.165, 1.54) is 77.9 Å². The van der Waals surface area contributed by atoms with Crippen molar-refractivity contribution in [3.8, 4) is 0 Å². The van der Waals surface area contributed by atoms with Gasteiger partial charge < -0.3 is 10.2 Å². The number of nitrogens with one attached hydrogen (secondary N) is 1. The molecule has 2 aliphatic rings. The van der Waals surface area contributed by atoms with Gasteiger partial charge in [0.05, 0.1) is 0 Å². The topological polar surface area (TPSA) is 18.5 Å². The van der Waals surface area contributed by atoms with Crippen molar-refractivity contribution in [1.29, 1.82) is 0 Å². The van der Waals surface area contributed by atoms with Crippen LogP contribution in [0.1, 0.15) is 39.0 Å². The lowest BCUT2D eigenvalue weighted by Gasteiger charge is -2.47. The van der Waals surface area contributed by atoms with E-state index in [1.54, 1.807) is 0 Å². The van der Waals surface area contributed by atoms with Gasteiger partial charge >= 0.3 is 0 Å². The molecule has 3 heteroatoms. The second-order valence-electron chi connectivity index (χ2n) is 5.61. The van der Waals surface area contributed by atoms with Crippen LogP contribution in [0.15, 0.2) is 0 Å². The van der Waals surface area contributed by atoms with Crippen molar-refractivity contribution in [2.75, 3.05) is 45.8 Å². The van der Waals surface area contributed by atoms with E-state index in [0.29, 0.717) is 0 Å². The van der Waals surface area contributed by atoms with Crippen molar-refractivity contribution in [3.63, 3.8) is 0 Å². The van der Waals surface area contributed by atoms with Crippen molar-refractivity contribution in [2.45, 2.75) is 45.1 Å². The lowest BCUT2D eigenvalue weighted by Crippen LogP contribution is -2.62. The van der Waals surface area contributed by atoms with E-state index in [-0.39, 0.29) is 0 Å². The summed E-state index contributed by atoms with van der Waals surface area (Å²) >= 11 is 0. The third-order valence-electron chi connectivity index (χ3n) is 4.18. The number of hydrogen-bond acceptors (Lipinski definition) is 3. The van der Waals surface area contributed by atoms with Crippen LogP contribution in [0, 0.1) is 0 Å². The highest BCUT2D eigenvalue weighted by Crippen LogP contribution is 2.16. The average Bonchev–Trinajstić information content (AvgIpc) is 2.32. The summed E-state index contributed by atoms with van der Waals surface area (Å²) in [5.74, 6) is 0. The first-order valence-corrected chi connectivity index (χ1v) is 7.57. The quantitative estimate of drug-likeness (QED) is 0.680. The molecule has 100 valence electrons. The summed E-state index contributed by atoms with van der Waals surface area (Å²) < 4.78 is 0. The lowest BCUT2D eigenvalue weighted by atomic mass is 10.0. The molecule has 0 saturated carbocycles. The Morgan fingerprint density at radius 2 is 1.71 bits per heavy atom. The monoisotopic (exact) mass is 239 g/mol. The molecule has 2 rings (SSSR count). The number of piperazine rings is 1. The smallest absolute Gasteiger partial charge is 0.0351 e. The van der Waals surface area contributed by atoms with Crippen LogP contribution in [0.3, 0.4) is 0 Å². The second kappa shape index (κ2) is 7.34. The fourth-order valence-electron chi connectivity index (χ4n) is 2.94. The third kappa shape index (κ3) is 4.23. The van der Waals surface area contributed by atoms with Crippen molar-refractivity contribution in [2.24, 2.45) is 0 Å². The number of hydrogen-bond donors (Lipinski definition) is 1. The Morgan fingerprint density at radius 3 is 2.41 bits per heavy atom. The van der Waals surface area contributed by atoms with Crippen LogP contribution >= 0.6 is 0 Å². The molecule has 0 aromatic heterocycles. The largest absolute Gasteiger partial charge is 0.314 e. The van der Waals surface area contributed by atoms with Gasteiger partial charge in [-0.15, -0.1) is 0 Å². The van der Waals surface area contributed by atoms with Gasteiger partial charge in [-0.3, -0.25) is 4.90 Å². The summed E-state index contributed by atoms with van der Waals surface area (Å²) in [4.78, 5) is 5.31. The van der Waals surface area contributed by atoms with Crippen LogP contribution in [0.25, 0.3) is 0 Å². The van der Waals surface area contributed by atoms with Crippen LogP contribution in [-0.2, 0) is 0 Å². The molecule has 0 radical (unpaired) electrons. The van der Waals surface area contributed by atoms with Gasteiger partial charge in [0.2, 0.25) is 0 Å². The summed E-state index contributed by atoms with van der Waals surface area (Å²) in [6.07, 6.45) is 7.06. The fraction of sp³-hybridized carbons (Fsp3) is 1.00. The Balaban J connectivity index is 1.47. The minimum absolute atomic E-state index is 0.868. The van der Waals surface area contributed by atoms with Crippen LogP contribution in [-0.4, -0.2) is 61.7 Å². The Morgan fingerprint density at radius 1 is 1.00 bits per heavy atom. The molecule has 0 atom stereocenters. The summed E-state index contributed by atoms with van der Waals surface area (Å²) in [5.41, 5.74) is 0. The molecule has 1 N–H and O–H groups in total. The molecule has 0 aromatic rings. The predicted octanol–water partition coefficient (Wildman–Crippen LogP) is 1.55. The second-order valence-corrected chi connectivity index (χ2v) is 5.61. The molecule has 2 aliphatic heterocycles. The first kappa shape index (κ1) is 13.3. The summed E-state index contributed by atoms with van der Waals surface area (Å²) in [6, 6.07) is 0.868. The summed E-state index contributed by atoms with van der Waals surface area (Å²) in [5, 5.41) is 3.43. The third-order valence-corrected chi connectivity index (χ3v) is 4.18. The van der Waals surface area contributed by atoms with E-state index in [2.05, 4.69) is 22.0 Å². The minimum atomic E-state index is 0.868. The molecule has 0 bridgehead atoms. The molecule has 0 spiro atoms. The van der Waals surface area contributed by atoms with Crippen LogP contribution in [0.2, 0.25) is 0 Å². The zero-order valence-electron chi connectivity index (χ0n) is 11.5. The van der Waals surface area contributed by atoms with E-state index >= 15 is 0 Å². The van der Waals surface area contributed by atoms with Gasteiger partial charge in [0.1, 0.15) is 0 Å². The first-order chi connectivity index (χ1) is 8.40. The lowest BCUT2D eigenvalue weighted by molar-refractivity contribution is 0.0264. The normalized spacial score (nSPS) is 23.8. The van der Waals surface area contributed by atoms with Gasteiger partial charge in [-0.25, -0.2) is 0 Å². The molecule has 3 nitrogen and oxygen atoms in total. The maximum atomic E-state index is 3.43. The predicted molar refractivity (Wildman–Crippen MR) is 73.4 cm³/mol. The Labute approximate surface area is 107 Å². The van der Waals surface area contributed by atoms with Gasteiger partial charge in [-0.2, -0.15) is 0 Å². The molecule has 2 fully saturated rings. The van der Waals surface area contributed by atoms with Crippen LogP contribution in [0.4, 0.5) is 0 Å². The van der Waals surface area contributed by atoms with Gasteiger partial charge in [0.15, 0.2) is 0 Å². The Hall–Kier alpha value is -0.120. The minimum Gasteiger partial charge on any atom is -0.314 e. The van der Waals surface area contributed by atoms with Gasteiger partial charge in [0.25, 0.3) is 0 Å². The van der Waals surface area contributed by atoms with Crippen LogP contribution in [0.5, 0.6) is 0 Å². The highest BCUT2D eigenvalue weighted by atomic mass is 15.3. The molecule has 0 amide bonds. The van der Waals surface area contributed by atoms with Crippen molar-refractivity contribution in [1.82, 2.24) is 15.1 Å². The average molecular weight is 239 g/mol. The van der Waals surface area contributed by atoms with E-state index in [1.807, 2.05) is 0 Å². The molecule has 0 aromatic carbocycles. The van der Waals surface area contributed by atoms with Crippen molar-refractivity contribution >= 4 is 0 Å². The maximum Gasteiger partial charge on any atom is 0.0351 e. The first-order valence-electron chi connectivity index (χ1n) is 7.57. The van der Waals surface area contributed by atoms with E-state index in [4.69, 9.17) is 0 Å². The van der Waals surface area contributed by atoms with E-state index in [9.17, 15) is 0 Å². The molecular weight excluding hydrogens is 210 g/mol. The summed E-state index contributed by atoms with van der Waals surface area (Å²) in [7, 11) is 0. The Bertz CT molecular complexity index is 196. The fourth-order valence-corrected chi connectivity index (χ4v) is 2.94. The molecule has 0 aliphatic carbocycles. The van der Waals surface area contributed by atoms with E-state index in [0.717, 1.165) is 6.04 Å².